The van der Waals surface area contributed by atoms with Crippen molar-refractivity contribution >= 4 is 22.4 Å². The van der Waals surface area contributed by atoms with Gasteiger partial charge in [0, 0.05) is 11.3 Å². The van der Waals surface area contributed by atoms with Gasteiger partial charge in [-0.15, -0.1) is 11.3 Å². The van der Waals surface area contributed by atoms with Crippen molar-refractivity contribution in [2.45, 2.75) is 51.4 Å². The van der Waals surface area contributed by atoms with Crippen LogP contribution in [0.25, 0.3) is 0 Å². The lowest BCUT2D eigenvalue weighted by atomic mass is 10.1. The molecule has 0 aromatic carbocycles. The largest absolute Gasteiger partial charge is 0.302 e. The van der Waals surface area contributed by atoms with Crippen molar-refractivity contribution in [3.05, 3.63) is 22.7 Å². The number of amides is 1. The molecule has 1 aromatic rings. The number of nitrogens with one attached hydrogen (secondary N) is 1. The molecule has 1 atom stereocenters. The van der Waals surface area contributed by atoms with E-state index in [1.54, 1.807) is 11.3 Å². The lowest BCUT2D eigenvalue weighted by Crippen LogP contribution is -2.14. The molecule has 1 aromatic heterocycles. The molecule has 1 unspecified atom stereocenters. The highest BCUT2D eigenvalue weighted by atomic mass is 32.1. The van der Waals surface area contributed by atoms with Crippen LogP contribution in [0.15, 0.2) is 12.2 Å². The minimum atomic E-state index is 0.112. The van der Waals surface area contributed by atoms with Crippen molar-refractivity contribution in [1.29, 1.82) is 0 Å². The molecule has 4 heteroatoms. The Bertz CT molecular complexity index is 469. The second-order valence-corrected chi connectivity index (χ2v) is 6.55. The zero-order chi connectivity index (χ0) is 13.1. The number of nitrogens with zero attached hydrogens (tertiary/aromatic N) is 1. The van der Waals surface area contributed by atoms with Gasteiger partial charge in [0.05, 0.1) is 5.69 Å². The van der Waals surface area contributed by atoms with Crippen LogP contribution in [0.3, 0.4) is 0 Å². The molecule has 2 aliphatic carbocycles. The van der Waals surface area contributed by atoms with Gasteiger partial charge >= 0.3 is 0 Å². The molecule has 0 radical (unpaired) electrons. The van der Waals surface area contributed by atoms with E-state index in [1.165, 1.54) is 29.8 Å². The number of carbonyl (C=O) groups is 1. The quantitative estimate of drug-likeness (QED) is 0.675. The van der Waals surface area contributed by atoms with Crippen LogP contribution < -0.4 is 5.32 Å². The fourth-order valence-corrected chi connectivity index (χ4v) is 3.92. The van der Waals surface area contributed by atoms with Crippen LogP contribution in [-0.2, 0) is 17.6 Å². The monoisotopic (exact) mass is 276 g/mol. The first-order valence-corrected chi connectivity index (χ1v) is 8.08. The van der Waals surface area contributed by atoms with Gasteiger partial charge in [0.2, 0.25) is 5.91 Å². The highest BCUT2D eigenvalue weighted by Gasteiger charge is 2.17. The molecule has 0 spiro atoms. The van der Waals surface area contributed by atoms with Gasteiger partial charge in [-0.3, -0.25) is 4.79 Å². The molecule has 19 heavy (non-hydrogen) atoms. The Morgan fingerprint density at radius 2 is 2.26 bits per heavy atom. The molecule has 1 N–H and O–H groups in total. The number of hydrogen-bond donors (Lipinski definition) is 1. The molecular weight excluding hydrogens is 256 g/mol. The normalized spacial score (nSPS) is 22.0. The Morgan fingerprint density at radius 1 is 1.37 bits per heavy atom. The van der Waals surface area contributed by atoms with Gasteiger partial charge in [0.15, 0.2) is 5.13 Å². The summed E-state index contributed by atoms with van der Waals surface area (Å²) in [4.78, 5) is 17.9. The number of rotatable bonds is 3. The number of thiazole rings is 1. The number of allylic oxidation sites excluding steroid dienone is 2. The van der Waals surface area contributed by atoms with Gasteiger partial charge in [-0.05, 0) is 44.4 Å². The van der Waals surface area contributed by atoms with Crippen molar-refractivity contribution in [1.82, 2.24) is 4.98 Å². The predicted octanol–water partition coefficient (Wildman–Crippen LogP) is 3.71. The molecule has 102 valence electrons. The summed E-state index contributed by atoms with van der Waals surface area (Å²) in [5, 5.41) is 3.79. The number of carbonyl (C=O) groups excluding carboxylic acids is 1. The third kappa shape index (κ3) is 3.24. The molecular formula is C15H20N2OS. The molecule has 0 saturated carbocycles. The summed E-state index contributed by atoms with van der Waals surface area (Å²) in [6.07, 6.45) is 13.2. The van der Waals surface area contributed by atoms with Crippen molar-refractivity contribution in [2.75, 3.05) is 5.32 Å². The SMILES string of the molecule is O=C(CC1C=CCC1)Nc1nc2c(s1)CCCCC2. The second-order valence-electron chi connectivity index (χ2n) is 5.47. The highest BCUT2D eigenvalue weighted by molar-refractivity contribution is 7.15. The first-order chi connectivity index (χ1) is 9.31. The third-order valence-electron chi connectivity index (χ3n) is 3.90. The lowest BCUT2D eigenvalue weighted by Gasteiger charge is -2.06. The van der Waals surface area contributed by atoms with E-state index in [-0.39, 0.29) is 5.91 Å². The van der Waals surface area contributed by atoms with Gasteiger partial charge in [0.1, 0.15) is 0 Å². The number of aryl methyl sites for hydroxylation is 2. The fourth-order valence-electron chi connectivity index (χ4n) is 2.86. The summed E-state index contributed by atoms with van der Waals surface area (Å²) < 4.78 is 0. The zero-order valence-corrected chi connectivity index (χ0v) is 12.0. The van der Waals surface area contributed by atoms with E-state index in [0.29, 0.717) is 12.3 Å². The van der Waals surface area contributed by atoms with Crippen LogP contribution >= 0.6 is 11.3 Å². The lowest BCUT2D eigenvalue weighted by molar-refractivity contribution is -0.116. The molecule has 1 heterocycles. The third-order valence-corrected chi connectivity index (χ3v) is 4.97. The van der Waals surface area contributed by atoms with Gasteiger partial charge in [-0.2, -0.15) is 0 Å². The summed E-state index contributed by atoms with van der Waals surface area (Å²) in [7, 11) is 0. The van der Waals surface area contributed by atoms with Gasteiger partial charge in [-0.1, -0.05) is 18.6 Å². The fraction of sp³-hybridized carbons (Fsp3) is 0.600. The molecule has 1 amide bonds. The second kappa shape index (κ2) is 5.87. The van der Waals surface area contributed by atoms with Crippen LogP contribution in [0.2, 0.25) is 0 Å². The van der Waals surface area contributed by atoms with E-state index in [9.17, 15) is 4.79 Å². The molecule has 3 nitrogen and oxygen atoms in total. The first-order valence-electron chi connectivity index (χ1n) is 7.26. The van der Waals surface area contributed by atoms with Gasteiger partial charge < -0.3 is 5.32 Å². The van der Waals surface area contributed by atoms with Gasteiger partial charge in [0.25, 0.3) is 0 Å². The smallest absolute Gasteiger partial charge is 0.226 e. The average molecular weight is 276 g/mol. The van der Waals surface area contributed by atoms with E-state index in [4.69, 9.17) is 0 Å². The number of aromatic nitrogens is 1. The van der Waals surface area contributed by atoms with Crippen LogP contribution in [0.4, 0.5) is 5.13 Å². The van der Waals surface area contributed by atoms with E-state index in [0.717, 1.165) is 30.8 Å². The molecule has 0 bridgehead atoms. The maximum absolute atomic E-state index is 12.0. The van der Waals surface area contributed by atoms with Crippen LogP contribution in [0.5, 0.6) is 0 Å². The Balaban J connectivity index is 1.60. The highest BCUT2D eigenvalue weighted by Crippen LogP contribution is 2.29. The number of hydrogen-bond acceptors (Lipinski definition) is 3. The van der Waals surface area contributed by atoms with E-state index in [1.807, 2.05) is 0 Å². The first kappa shape index (κ1) is 12.9. The molecule has 0 fully saturated rings. The van der Waals surface area contributed by atoms with E-state index >= 15 is 0 Å². The topological polar surface area (TPSA) is 42.0 Å². The summed E-state index contributed by atoms with van der Waals surface area (Å²) in [5.41, 5.74) is 1.22. The number of fused-ring (bicyclic) bond motifs is 1. The standard InChI is InChI=1S/C15H20N2OS/c18-14(10-11-6-4-5-7-11)17-15-16-12-8-2-1-3-9-13(12)19-15/h4,6,11H,1-3,5,7-10H2,(H,16,17,18). The summed E-state index contributed by atoms with van der Waals surface area (Å²) in [5.74, 6) is 0.540. The average Bonchev–Trinajstić information content (AvgIpc) is 2.95. The van der Waals surface area contributed by atoms with Crippen LogP contribution in [-0.4, -0.2) is 10.9 Å². The van der Waals surface area contributed by atoms with Crippen molar-refractivity contribution in [2.24, 2.45) is 5.92 Å². The number of anilines is 1. The molecule has 3 rings (SSSR count). The molecule has 0 aliphatic heterocycles. The maximum Gasteiger partial charge on any atom is 0.226 e. The summed E-state index contributed by atoms with van der Waals surface area (Å²) in [6, 6.07) is 0. The summed E-state index contributed by atoms with van der Waals surface area (Å²) >= 11 is 1.67. The maximum atomic E-state index is 12.0. The minimum Gasteiger partial charge on any atom is -0.302 e. The van der Waals surface area contributed by atoms with E-state index in [2.05, 4.69) is 22.5 Å². The Kier molecular flexibility index (Phi) is 3.97. The molecule has 0 saturated heterocycles. The van der Waals surface area contributed by atoms with Crippen LogP contribution in [0.1, 0.15) is 49.1 Å². The van der Waals surface area contributed by atoms with Crippen molar-refractivity contribution < 1.29 is 4.79 Å². The molecule has 2 aliphatic rings. The van der Waals surface area contributed by atoms with Crippen molar-refractivity contribution in [3.63, 3.8) is 0 Å². The Morgan fingerprint density at radius 3 is 3.11 bits per heavy atom. The van der Waals surface area contributed by atoms with Crippen LogP contribution in [0, 0.1) is 5.92 Å². The minimum absolute atomic E-state index is 0.112. The Labute approximate surface area is 118 Å². The van der Waals surface area contributed by atoms with E-state index < -0.39 is 0 Å². The Hall–Kier alpha value is -1.16. The summed E-state index contributed by atoms with van der Waals surface area (Å²) in [6.45, 7) is 0. The van der Waals surface area contributed by atoms with Gasteiger partial charge in [-0.25, -0.2) is 4.98 Å². The zero-order valence-electron chi connectivity index (χ0n) is 11.2. The van der Waals surface area contributed by atoms with Crippen molar-refractivity contribution in [3.8, 4) is 0 Å². The predicted molar refractivity (Wildman–Crippen MR) is 78.5 cm³/mol.